The van der Waals surface area contributed by atoms with Crippen LogP contribution in [0.2, 0.25) is 0 Å². The highest BCUT2D eigenvalue weighted by atomic mass is 32.1. The number of hydrogen-bond acceptors (Lipinski definition) is 4. The molecule has 2 aliphatic rings. The van der Waals surface area contributed by atoms with Crippen LogP contribution >= 0.6 is 11.3 Å². The summed E-state index contributed by atoms with van der Waals surface area (Å²) in [5, 5.41) is 5.66. The molecule has 2 aliphatic carbocycles. The van der Waals surface area contributed by atoms with Gasteiger partial charge in [-0.2, -0.15) is 0 Å². The maximum atomic E-state index is 12.3. The van der Waals surface area contributed by atoms with E-state index in [2.05, 4.69) is 5.32 Å². The summed E-state index contributed by atoms with van der Waals surface area (Å²) in [5.74, 6) is 0.328. The summed E-state index contributed by atoms with van der Waals surface area (Å²) in [4.78, 5) is 24.5. The molecule has 2 fully saturated rings. The van der Waals surface area contributed by atoms with Gasteiger partial charge in [0, 0.05) is 5.92 Å². The van der Waals surface area contributed by atoms with E-state index in [4.69, 9.17) is 4.74 Å². The van der Waals surface area contributed by atoms with Crippen molar-refractivity contribution in [1.29, 1.82) is 0 Å². The van der Waals surface area contributed by atoms with Gasteiger partial charge in [-0.15, -0.1) is 11.3 Å². The minimum absolute atomic E-state index is 0.0576. The van der Waals surface area contributed by atoms with E-state index in [0.717, 1.165) is 44.1 Å². The molecule has 1 aromatic rings. The van der Waals surface area contributed by atoms with Crippen LogP contribution < -0.4 is 5.32 Å². The molecule has 1 heterocycles. The van der Waals surface area contributed by atoms with Gasteiger partial charge in [-0.3, -0.25) is 4.79 Å². The first-order chi connectivity index (χ1) is 10.2. The third kappa shape index (κ3) is 3.12. The molecule has 21 heavy (non-hydrogen) atoms. The summed E-state index contributed by atoms with van der Waals surface area (Å²) in [6.07, 6.45) is 6.42. The number of nitrogens with one attached hydrogen (secondary N) is 1. The van der Waals surface area contributed by atoms with Crippen molar-refractivity contribution in [3.8, 4) is 0 Å². The zero-order valence-corrected chi connectivity index (χ0v) is 13.1. The molecule has 2 saturated carbocycles. The topological polar surface area (TPSA) is 55.4 Å². The average molecular weight is 307 g/mol. The van der Waals surface area contributed by atoms with Gasteiger partial charge in [-0.05, 0) is 49.5 Å². The van der Waals surface area contributed by atoms with Gasteiger partial charge in [-0.1, -0.05) is 12.8 Å². The first-order valence-corrected chi connectivity index (χ1v) is 8.68. The molecule has 0 spiro atoms. The van der Waals surface area contributed by atoms with Gasteiger partial charge in [0.2, 0.25) is 5.91 Å². The van der Waals surface area contributed by atoms with Crippen LogP contribution in [0.3, 0.4) is 0 Å². The summed E-state index contributed by atoms with van der Waals surface area (Å²) in [5.41, 5.74) is 1.65. The zero-order chi connectivity index (χ0) is 14.8. The Morgan fingerprint density at radius 3 is 2.62 bits per heavy atom. The number of thiophene rings is 1. The number of esters is 1. The van der Waals surface area contributed by atoms with Crippen molar-refractivity contribution < 1.29 is 14.3 Å². The molecule has 5 heteroatoms. The standard InChI is InChI=1S/C16H21NO3S/c1-2-20-16(19)13-12(10-7-8-10)9-21-15(13)17-14(18)11-5-3-4-6-11/h9-11H,2-8H2,1H3,(H,17,18). The Labute approximate surface area is 128 Å². The van der Waals surface area contributed by atoms with Crippen molar-refractivity contribution in [2.75, 3.05) is 11.9 Å². The van der Waals surface area contributed by atoms with E-state index in [1.54, 1.807) is 6.92 Å². The molecule has 0 bridgehead atoms. The van der Waals surface area contributed by atoms with Gasteiger partial charge < -0.3 is 10.1 Å². The van der Waals surface area contributed by atoms with E-state index in [9.17, 15) is 9.59 Å². The van der Waals surface area contributed by atoms with E-state index < -0.39 is 0 Å². The summed E-state index contributed by atoms with van der Waals surface area (Å²) in [6, 6.07) is 0. The zero-order valence-electron chi connectivity index (χ0n) is 12.3. The lowest BCUT2D eigenvalue weighted by Crippen LogP contribution is -2.21. The van der Waals surface area contributed by atoms with Crippen LogP contribution in [0.15, 0.2) is 5.38 Å². The summed E-state index contributed by atoms with van der Waals surface area (Å²) in [6.45, 7) is 2.16. The highest BCUT2D eigenvalue weighted by Crippen LogP contribution is 2.46. The number of ether oxygens (including phenoxy) is 1. The van der Waals surface area contributed by atoms with Crippen molar-refractivity contribution in [3.05, 3.63) is 16.5 Å². The van der Waals surface area contributed by atoms with Crippen LogP contribution in [0.4, 0.5) is 5.00 Å². The molecule has 0 aliphatic heterocycles. The third-order valence-electron chi connectivity index (χ3n) is 4.28. The predicted octanol–water partition coefficient (Wildman–Crippen LogP) is 3.93. The molecule has 114 valence electrons. The fraction of sp³-hybridized carbons (Fsp3) is 0.625. The molecular formula is C16H21NO3S. The lowest BCUT2D eigenvalue weighted by Gasteiger charge is -2.11. The average Bonchev–Trinajstić information content (AvgIpc) is 3.01. The molecule has 4 nitrogen and oxygen atoms in total. The van der Waals surface area contributed by atoms with E-state index in [1.807, 2.05) is 5.38 Å². The van der Waals surface area contributed by atoms with Crippen LogP contribution in [0.25, 0.3) is 0 Å². The number of hydrogen-bond donors (Lipinski definition) is 1. The second-order valence-electron chi connectivity index (χ2n) is 5.86. The quantitative estimate of drug-likeness (QED) is 0.839. The smallest absolute Gasteiger partial charge is 0.341 e. The van der Waals surface area contributed by atoms with Crippen LogP contribution in [0.5, 0.6) is 0 Å². The van der Waals surface area contributed by atoms with Crippen LogP contribution in [0.1, 0.15) is 67.3 Å². The Bertz CT molecular complexity index is 542. The number of anilines is 1. The lowest BCUT2D eigenvalue weighted by atomic mass is 10.1. The maximum absolute atomic E-state index is 12.3. The molecule has 1 aromatic heterocycles. The van der Waals surface area contributed by atoms with Gasteiger partial charge >= 0.3 is 5.97 Å². The predicted molar refractivity (Wildman–Crippen MR) is 82.8 cm³/mol. The van der Waals surface area contributed by atoms with Crippen LogP contribution in [-0.2, 0) is 9.53 Å². The number of amides is 1. The van der Waals surface area contributed by atoms with Crippen molar-refractivity contribution in [2.24, 2.45) is 5.92 Å². The summed E-state index contributed by atoms with van der Waals surface area (Å²) >= 11 is 1.45. The first-order valence-electron chi connectivity index (χ1n) is 7.80. The number of carbonyl (C=O) groups excluding carboxylic acids is 2. The normalized spacial score (nSPS) is 18.7. The maximum Gasteiger partial charge on any atom is 0.341 e. The summed E-state index contributed by atoms with van der Waals surface area (Å²) in [7, 11) is 0. The molecule has 0 atom stereocenters. The fourth-order valence-electron chi connectivity index (χ4n) is 2.97. The van der Waals surface area contributed by atoms with Crippen molar-refractivity contribution >= 4 is 28.2 Å². The fourth-order valence-corrected chi connectivity index (χ4v) is 4.01. The molecule has 0 aromatic carbocycles. The largest absolute Gasteiger partial charge is 0.462 e. The second-order valence-corrected chi connectivity index (χ2v) is 6.74. The highest BCUT2D eigenvalue weighted by Gasteiger charge is 2.33. The van der Waals surface area contributed by atoms with Gasteiger partial charge in [0.1, 0.15) is 5.00 Å². The molecule has 1 N–H and O–H groups in total. The number of carbonyl (C=O) groups is 2. The van der Waals surface area contributed by atoms with Crippen molar-refractivity contribution in [1.82, 2.24) is 0 Å². The first kappa shape index (κ1) is 14.6. The number of rotatable bonds is 5. The van der Waals surface area contributed by atoms with Gasteiger partial charge in [0.05, 0.1) is 12.2 Å². The van der Waals surface area contributed by atoms with Gasteiger partial charge in [-0.25, -0.2) is 4.79 Å². The molecule has 0 unspecified atom stereocenters. The monoisotopic (exact) mass is 307 g/mol. The Kier molecular flexibility index (Phi) is 4.29. The van der Waals surface area contributed by atoms with Crippen molar-refractivity contribution in [3.63, 3.8) is 0 Å². The van der Waals surface area contributed by atoms with Gasteiger partial charge in [0.25, 0.3) is 0 Å². The van der Waals surface area contributed by atoms with E-state index >= 15 is 0 Å². The summed E-state index contributed by atoms with van der Waals surface area (Å²) < 4.78 is 5.17. The van der Waals surface area contributed by atoms with E-state index in [0.29, 0.717) is 23.1 Å². The molecule has 1 amide bonds. The van der Waals surface area contributed by atoms with Gasteiger partial charge in [0.15, 0.2) is 0 Å². The Balaban J connectivity index is 1.80. The lowest BCUT2D eigenvalue weighted by molar-refractivity contribution is -0.119. The molecule has 3 rings (SSSR count). The van der Waals surface area contributed by atoms with E-state index in [1.165, 1.54) is 11.3 Å². The molecule has 0 radical (unpaired) electrons. The van der Waals surface area contributed by atoms with Crippen LogP contribution in [0, 0.1) is 5.92 Å². The second kappa shape index (κ2) is 6.18. The van der Waals surface area contributed by atoms with Crippen molar-refractivity contribution in [2.45, 2.75) is 51.4 Å². The molecule has 0 saturated heterocycles. The minimum atomic E-state index is -0.303. The molecular weight excluding hydrogens is 286 g/mol. The Morgan fingerprint density at radius 2 is 2.00 bits per heavy atom. The van der Waals surface area contributed by atoms with Crippen LogP contribution in [-0.4, -0.2) is 18.5 Å². The van der Waals surface area contributed by atoms with E-state index in [-0.39, 0.29) is 17.8 Å². The minimum Gasteiger partial charge on any atom is -0.462 e. The highest BCUT2D eigenvalue weighted by molar-refractivity contribution is 7.15. The Hall–Kier alpha value is -1.36. The SMILES string of the molecule is CCOC(=O)c1c(C2CC2)csc1NC(=O)C1CCCC1. The Morgan fingerprint density at radius 1 is 1.29 bits per heavy atom. The third-order valence-corrected chi connectivity index (χ3v) is 5.19.